The van der Waals surface area contributed by atoms with Crippen LogP contribution in [0, 0.1) is 0 Å². The van der Waals surface area contributed by atoms with Crippen LogP contribution in [-0.4, -0.2) is 22.3 Å². The van der Waals surface area contributed by atoms with E-state index in [2.05, 4.69) is 10.4 Å². The van der Waals surface area contributed by atoms with Gasteiger partial charge in [0.05, 0.1) is 35.3 Å². The molecule has 0 saturated heterocycles. The number of ether oxygens (including phenoxy) is 1. The number of benzene rings is 2. The number of nitrogens with zero attached hydrogens (tertiary/aromatic N) is 2. The smallest absolute Gasteiger partial charge is 0.416 e. The molecule has 0 spiro atoms. The second-order valence-corrected chi connectivity index (χ2v) is 6.02. The zero-order chi connectivity index (χ0) is 20.1. The van der Waals surface area contributed by atoms with Gasteiger partial charge in [-0.1, -0.05) is 25.1 Å². The number of anilines is 1. The fourth-order valence-corrected chi connectivity index (χ4v) is 2.50. The molecule has 1 amide bonds. The molecule has 0 fully saturated rings. The van der Waals surface area contributed by atoms with Crippen molar-refractivity contribution in [3.63, 3.8) is 0 Å². The van der Waals surface area contributed by atoms with Crippen molar-refractivity contribution in [3.8, 4) is 11.4 Å². The summed E-state index contributed by atoms with van der Waals surface area (Å²) in [6.45, 7) is 2.19. The Kier molecular flexibility index (Phi) is 5.67. The van der Waals surface area contributed by atoms with E-state index < -0.39 is 17.6 Å². The van der Waals surface area contributed by atoms with Gasteiger partial charge in [-0.2, -0.15) is 18.3 Å². The number of halogens is 3. The monoisotopic (exact) mass is 389 g/mol. The van der Waals surface area contributed by atoms with E-state index in [0.29, 0.717) is 13.0 Å². The summed E-state index contributed by atoms with van der Waals surface area (Å²) in [7, 11) is 0. The molecular weight excluding hydrogens is 371 g/mol. The molecule has 2 aromatic carbocycles. The summed E-state index contributed by atoms with van der Waals surface area (Å²) in [6.07, 6.45) is -0.993. The molecule has 0 unspecified atom stereocenters. The van der Waals surface area contributed by atoms with Crippen LogP contribution in [0.5, 0.6) is 5.75 Å². The highest BCUT2D eigenvalue weighted by Gasteiger charge is 2.31. The summed E-state index contributed by atoms with van der Waals surface area (Å²) in [5.74, 6) is -0.401. The highest BCUT2D eigenvalue weighted by atomic mass is 19.4. The Morgan fingerprint density at radius 2 is 1.93 bits per heavy atom. The summed E-state index contributed by atoms with van der Waals surface area (Å²) >= 11 is 0. The number of alkyl halides is 3. The number of hydrogen-bond acceptors (Lipinski definition) is 3. The van der Waals surface area contributed by atoms with Crippen LogP contribution in [0.1, 0.15) is 29.3 Å². The number of nitrogens with one attached hydrogen (secondary N) is 1. The van der Waals surface area contributed by atoms with Crippen LogP contribution >= 0.6 is 0 Å². The zero-order valence-electron chi connectivity index (χ0n) is 15.0. The molecule has 1 heterocycles. The van der Waals surface area contributed by atoms with Gasteiger partial charge in [0.2, 0.25) is 0 Å². The van der Waals surface area contributed by atoms with Crippen LogP contribution in [0.2, 0.25) is 0 Å². The average molecular weight is 389 g/mol. The molecule has 28 heavy (non-hydrogen) atoms. The summed E-state index contributed by atoms with van der Waals surface area (Å²) in [6, 6.07) is 12.1. The molecule has 0 radical (unpaired) electrons. The maximum atomic E-state index is 13.0. The topological polar surface area (TPSA) is 56.1 Å². The summed E-state index contributed by atoms with van der Waals surface area (Å²) in [5.41, 5.74) is 0.0580. The van der Waals surface area contributed by atoms with Gasteiger partial charge in [0, 0.05) is 6.20 Å². The molecular formula is C20H18F3N3O2. The predicted molar refractivity (Wildman–Crippen MR) is 98.7 cm³/mol. The minimum absolute atomic E-state index is 0.0410. The average Bonchev–Trinajstić information content (AvgIpc) is 3.17. The van der Waals surface area contributed by atoms with Crippen LogP contribution in [0.3, 0.4) is 0 Å². The Balaban J connectivity index is 1.85. The third-order valence-electron chi connectivity index (χ3n) is 3.88. The van der Waals surface area contributed by atoms with E-state index in [1.165, 1.54) is 23.1 Å². The standard InChI is InChI=1S/C20H18F3N3O2/c1-2-10-28-18-9-8-15(20(21,22)23)11-17(18)25-19(27)14-12-24-26(13-14)16-6-4-3-5-7-16/h3-9,11-13H,2,10H2,1H3,(H,25,27). The lowest BCUT2D eigenvalue weighted by molar-refractivity contribution is -0.137. The molecule has 0 atom stereocenters. The number of rotatable bonds is 6. The van der Waals surface area contributed by atoms with Crippen molar-refractivity contribution < 1.29 is 22.7 Å². The molecule has 0 aliphatic rings. The Labute approximate surface area is 159 Å². The van der Waals surface area contributed by atoms with E-state index >= 15 is 0 Å². The van der Waals surface area contributed by atoms with Crippen molar-refractivity contribution in [2.24, 2.45) is 0 Å². The number of aromatic nitrogens is 2. The van der Waals surface area contributed by atoms with Crippen molar-refractivity contribution in [1.82, 2.24) is 9.78 Å². The van der Waals surface area contributed by atoms with Crippen molar-refractivity contribution in [3.05, 3.63) is 72.1 Å². The van der Waals surface area contributed by atoms with Gasteiger partial charge in [0.25, 0.3) is 5.91 Å². The Bertz CT molecular complexity index is 953. The van der Waals surface area contributed by atoms with E-state index in [1.807, 2.05) is 37.3 Å². The Morgan fingerprint density at radius 1 is 1.18 bits per heavy atom. The molecule has 0 bridgehead atoms. The third-order valence-corrected chi connectivity index (χ3v) is 3.88. The molecule has 3 aromatic rings. The first-order valence-electron chi connectivity index (χ1n) is 8.64. The molecule has 0 aliphatic heterocycles. The third kappa shape index (κ3) is 4.51. The van der Waals surface area contributed by atoms with Gasteiger partial charge in [0.15, 0.2) is 0 Å². The molecule has 1 N–H and O–H groups in total. The van der Waals surface area contributed by atoms with Gasteiger partial charge >= 0.3 is 6.18 Å². The van der Waals surface area contributed by atoms with Gasteiger partial charge in [0.1, 0.15) is 5.75 Å². The van der Waals surface area contributed by atoms with E-state index in [4.69, 9.17) is 4.74 Å². The number of hydrogen-bond donors (Lipinski definition) is 1. The van der Waals surface area contributed by atoms with Crippen molar-refractivity contribution in [2.45, 2.75) is 19.5 Å². The second-order valence-electron chi connectivity index (χ2n) is 6.02. The van der Waals surface area contributed by atoms with Gasteiger partial charge in [-0.15, -0.1) is 0 Å². The number of amides is 1. The molecule has 0 saturated carbocycles. The van der Waals surface area contributed by atoms with Crippen LogP contribution < -0.4 is 10.1 Å². The summed E-state index contributed by atoms with van der Waals surface area (Å²) < 4.78 is 46.1. The highest BCUT2D eigenvalue weighted by molar-refractivity contribution is 6.04. The Hall–Kier alpha value is -3.29. The number of para-hydroxylation sites is 1. The Morgan fingerprint density at radius 3 is 2.61 bits per heavy atom. The lowest BCUT2D eigenvalue weighted by atomic mass is 10.1. The quantitative estimate of drug-likeness (QED) is 0.650. The van der Waals surface area contributed by atoms with Crippen LogP contribution in [-0.2, 0) is 6.18 Å². The van der Waals surface area contributed by atoms with E-state index in [0.717, 1.165) is 17.8 Å². The number of carbonyl (C=O) groups is 1. The molecule has 0 aliphatic carbocycles. The second kappa shape index (κ2) is 8.16. The molecule has 5 nitrogen and oxygen atoms in total. The van der Waals surface area contributed by atoms with E-state index in [-0.39, 0.29) is 17.0 Å². The fraction of sp³-hybridized carbons (Fsp3) is 0.200. The van der Waals surface area contributed by atoms with Crippen molar-refractivity contribution in [2.75, 3.05) is 11.9 Å². The van der Waals surface area contributed by atoms with Gasteiger partial charge in [-0.05, 0) is 36.8 Å². The maximum absolute atomic E-state index is 13.0. The predicted octanol–water partition coefficient (Wildman–Crippen LogP) is 4.93. The molecule has 8 heteroatoms. The normalized spacial score (nSPS) is 11.3. The number of carbonyl (C=O) groups excluding carboxylic acids is 1. The maximum Gasteiger partial charge on any atom is 0.416 e. The molecule has 1 aromatic heterocycles. The minimum Gasteiger partial charge on any atom is -0.491 e. The first-order valence-corrected chi connectivity index (χ1v) is 8.64. The minimum atomic E-state index is -4.53. The first kappa shape index (κ1) is 19.5. The lowest BCUT2D eigenvalue weighted by Gasteiger charge is -2.14. The molecule has 3 rings (SSSR count). The van der Waals surface area contributed by atoms with Crippen LogP contribution in [0.4, 0.5) is 18.9 Å². The van der Waals surface area contributed by atoms with Crippen molar-refractivity contribution in [1.29, 1.82) is 0 Å². The van der Waals surface area contributed by atoms with E-state index in [9.17, 15) is 18.0 Å². The van der Waals surface area contributed by atoms with E-state index in [1.54, 1.807) is 0 Å². The summed E-state index contributed by atoms with van der Waals surface area (Å²) in [5, 5.41) is 6.62. The van der Waals surface area contributed by atoms with Crippen molar-refractivity contribution >= 4 is 11.6 Å². The molecule has 146 valence electrons. The largest absolute Gasteiger partial charge is 0.491 e. The fourth-order valence-electron chi connectivity index (χ4n) is 2.50. The van der Waals surface area contributed by atoms with Gasteiger partial charge in [-0.25, -0.2) is 4.68 Å². The van der Waals surface area contributed by atoms with Gasteiger partial charge in [-0.3, -0.25) is 4.79 Å². The lowest BCUT2D eigenvalue weighted by Crippen LogP contribution is -2.14. The zero-order valence-corrected chi connectivity index (χ0v) is 15.0. The van der Waals surface area contributed by atoms with Crippen LogP contribution in [0.25, 0.3) is 5.69 Å². The van der Waals surface area contributed by atoms with Gasteiger partial charge < -0.3 is 10.1 Å². The first-order chi connectivity index (χ1) is 13.4. The summed E-state index contributed by atoms with van der Waals surface area (Å²) in [4.78, 5) is 12.5. The van der Waals surface area contributed by atoms with Crippen LogP contribution in [0.15, 0.2) is 60.9 Å². The highest BCUT2D eigenvalue weighted by Crippen LogP contribution is 2.35. The SMILES string of the molecule is CCCOc1ccc(C(F)(F)F)cc1NC(=O)c1cnn(-c2ccccc2)c1.